The second-order valence-corrected chi connectivity index (χ2v) is 2.32. The van der Waals surface area contributed by atoms with Crippen molar-refractivity contribution in [3.05, 3.63) is 11.3 Å². The lowest BCUT2D eigenvalue weighted by Gasteiger charge is -1.86. The highest BCUT2D eigenvalue weighted by molar-refractivity contribution is 5.88. The zero-order valence-corrected chi connectivity index (χ0v) is 5.63. The molecule has 0 aromatic carbocycles. The normalized spacial score (nSPS) is 14.2. The van der Waals surface area contributed by atoms with E-state index in [2.05, 4.69) is 10.5 Å². The predicted molar refractivity (Wildman–Crippen MR) is 35.7 cm³/mol. The zero-order valence-electron chi connectivity index (χ0n) is 5.63. The van der Waals surface area contributed by atoms with Crippen LogP contribution in [0.25, 0.3) is 0 Å². The summed E-state index contributed by atoms with van der Waals surface area (Å²) in [6.07, 6.45) is 0.681. The van der Waals surface area contributed by atoms with Crippen LogP contribution in [-0.2, 0) is 6.42 Å². The molecular formula is C6H6N2O3. The van der Waals surface area contributed by atoms with E-state index in [0.717, 1.165) is 6.54 Å². The average Bonchev–Trinajstić information content (AvgIpc) is 2.41. The fraction of sp³-hybridized carbons (Fsp3) is 0.333. The van der Waals surface area contributed by atoms with Crippen LogP contribution >= 0.6 is 0 Å². The fourth-order valence-electron chi connectivity index (χ4n) is 1.15. The first-order chi connectivity index (χ1) is 5.29. The third-order valence-corrected chi connectivity index (χ3v) is 1.65. The van der Waals surface area contributed by atoms with Crippen LogP contribution in [0.1, 0.15) is 16.1 Å². The van der Waals surface area contributed by atoms with Gasteiger partial charge in [0.2, 0.25) is 5.88 Å². The lowest BCUT2D eigenvalue weighted by Crippen LogP contribution is -2.00. The molecule has 1 aliphatic heterocycles. The van der Waals surface area contributed by atoms with Crippen molar-refractivity contribution in [3.8, 4) is 0 Å². The molecule has 0 amide bonds. The highest BCUT2D eigenvalue weighted by Gasteiger charge is 2.24. The molecule has 5 heteroatoms. The van der Waals surface area contributed by atoms with Gasteiger partial charge in [-0.05, 0) is 6.42 Å². The first-order valence-electron chi connectivity index (χ1n) is 3.25. The van der Waals surface area contributed by atoms with E-state index in [-0.39, 0.29) is 5.69 Å². The number of fused-ring (bicyclic) bond motifs is 1. The topological polar surface area (TPSA) is 75.4 Å². The van der Waals surface area contributed by atoms with Crippen LogP contribution in [0, 0.1) is 0 Å². The Morgan fingerprint density at radius 2 is 2.55 bits per heavy atom. The van der Waals surface area contributed by atoms with Crippen molar-refractivity contribution < 1.29 is 14.4 Å². The van der Waals surface area contributed by atoms with Gasteiger partial charge in [-0.25, -0.2) is 4.79 Å². The van der Waals surface area contributed by atoms with Crippen LogP contribution in [0.4, 0.5) is 5.88 Å². The molecule has 5 nitrogen and oxygen atoms in total. The Morgan fingerprint density at radius 1 is 1.73 bits per heavy atom. The second kappa shape index (κ2) is 1.98. The monoisotopic (exact) mass is 154 g/mol. The van der Waals surface area contributed by atoms with Crippen LogP contribution in [0.5, 0.6) is 0 Å². The summed E-state index contributed by atoms with van der Waals surface area (Å²) in [5.41, 5.74) is 0.711. The third-order valence-electron chi connectivity index (χ3n) is 1.65. The van der Waals surface area contributed by atoms with Crippen molar-refractivity contribution in [2.45, 2.75) is 6.42 Å². The summed E-state index contributed by atoms with van der Waals surface area (Å²) < 4.78 is 4.73. The Kier molecular flexibility index (Phi) is 1.12. The van der Waals surface area contributed by atoms with Crippen molar-refractivity contribution in [2.75, 3.05) is 11.9 Å². The maximum Gasteiger partial charge on any atom is 0.358 e. The fourth-order valence-corrected chi connectivity index (χ4v) is 1.15. The Hall–Kier alpha value is -1.52. The quantitative estimate of drug-likeness (QED) is 0.610. The summed E-state index contributed by atoms with van der Waals surface area (Å²) in [5.74, 6) is -0.527. The summed E-state index contributed by atoms with van der Waals surface area (Å²) in [5, 5.41) is 14.9. The molecule has 1 aromatic rings. The minimum atomic E-state index is -1.03. The maximum absolute atomic E-state index is 10.5. The highest BCUT2D eigenvalue weighted by atomic mass is 16.5. The molecule has 0 aliphatic carbocycles. The van der Waals surface area contributed by atoms with Gasteiger partial charge in [0.25, 0.3) is 0 Å². The lowest BCUT2D eigenvalue weighted by atomic mass is 10.2. The van der Waals surface area contributed by atoms with Crippen LogP contribution in [0.2, 0.25) is 0 Å². The van der Waals surface area contributed by atoms with Crippen molar-refractivity contribution in [1.29, 1.82) is 0 Å². The lowest BCUT2D eigenvalue weighted by molar-refractivity contribution is 0.0684. The number of aromatic carboxylic acids is 1. The van der Waals surface area contributed by atoms with Crippen LogP contribution in [0.3, 0.4) is 0 Å². The van der Waals surface area contributed by atoms with Crippen molar-refractivity contribution in [3.63, 3.8) is 0 Å². The van der Waals surface area contributed by atoms with Crippen LogP contribution < -0.4 is 5.32 Å². The number of anilines is 1. The molecule has 11 heavy (non-hydrogen) atoms. The molecule has 0 atom stereocenters. The Balaban J connectivity index is 2.50. The molecule has 0 fully saturated rings. The summed E-state index contributed by atoms with van der Waals surface area (Å²) in [4.78, 5) is 10.5. The van der Waals surface area contributed by atoms with Gasteiger partial charge in [-0.15, -0.1) is 0 Å². The number of aromatic nitrogens is 1. The molecule has 0 bridgehead atoms. The summed E-state index contributed by atoms with van der Waals surface area (Å²) >= 11 is 0. The van der Waals surface area contributed by atoms with Gasteiger partial charge >= 0.3 is 5.97 Å². The van der Waals surface area contributed by atoms with E-state index in [0.29, 0.717) is 17.9 Å². The van der Waals surface area contributed by atoms with Gasteiger partial charge in [0.15, 0.2) is 5.69 Å². The molecule has 1 aromatic heterocycles. The highest BCUT2D eigenvalue weighted by Crippen LogP contribution is 2.24. The maximum atomic E-state index is 10.5. The molecule has 0 saturated heterocycles. The number of carboxylic acid groups (broad SMARTS) is 1. The van der Waals surface area contributed by atoms with Crippen molar-refractivity contribution in [1.82, 2.24) is 5.16 Å². The largest absolute Gasteiger partial charge is 0.476 e. The first kappa shape index (κ1) is 6.21. The Labute approximate surface area is 62.0 Å². The van der Waals surface area contributed by atoms with Gasteiger partial charge in [0.1, 0.15) is 0 Å². The summed E-state index contributed by atoms with van der Waals surface area (Å²) in [6, 6.07) is 0. The number of nitrogens with zero attached hydrogens (tertiary/aromatic N) is 1. The molecule has 0 unspecified atom stereocenters. The number of hydrogen-bond acceptors (Lipinski definition) is 4. The molecule has 0 radical (unpaired) electrons. The van der Waals surface area contributed by atoms with Crippen LogP contribution in [-0.4, -0.2) is 22.8 Å². The molecule has 0 spiro atoms. The molecule has 1 aliphatic rings. The minimum Gasteiger partial charge on any atom is -0.476 e. The molecule has 2 rings (SSSR count). The van der Waals surface area contributed by atoms with Crippen molar-refractivity contribution in [2.24, 2.45) is 0 Å². The third kappa shape index (κ3) is 0.772. The summed E-state index contributed by atoms with van der Waals surface area (Å²) in [7, 11) is 0. The first-order valence-corrected chi connectivity index (χ1v) is 3.25. The Morgan fingerprint density at radius 3 is 3.27 bits per heavy atom. The van der Waals surface area contributed by atoms with Gasteiger partial charge in [-0.2, -0.15) is 0 Å². The van der Waals surface area contributed by atoms with Crippen LogP contribution in [0.15, 0.2) is 4.52 Å². The predicted octanol–water partition coefficient (Wildman–Crippen LogP) is 0.341. The zero-order chi connectivity index (χ0) is 7.84. The number of carboxylic acids is 1. The van der Waals surface area contributed by atoms with E-state index in [1.54, 1.807) is 0 Å². The summed E-state index contributed by atoms with van der Waals surface area (Å²) in [6.45, 7) is 0.733. The van der Waals surface area contributed by atoms with Gasteiger partial charge < -0.3 is 14.9 Å². The van der Waals surface area contributed by atoms with Gasteiger partial charge in [0.05, 0.1) is 5.56 Å². The molecular weight excluding hydrogens is 148 g/mol. The molecule has 2 N–H and O–H groups in total. The van der Waals surface area contributed by atoms with E-state index in [9.17, 15) is 4.79 Å². The smallest absolute Gasteiger partial charge is 0.358 e. The minimum absolute atomic E-state index is 0.0324. The standard InChI is InChI=1S/C6H6N2O3/c9-6(10)4-3-1-2-7-5(3)11-8-4/h7H,1-2H2,(H,9,10). The van der Waals surface area contributed by atoms with E-state index in [1.165, 1.54) is 0 Å². The number of carbonyl (C=O) groups is 1. The Bertz CT molecular complexity index is 305. The van der Waals surface area contributed by atoms with Gasteiger partial charge in [-0.1, -0.05) is 5.16 Å². The van der Waals surface area contributed by atoms with Gasteiger partial charge in [-0.3, -0.25) is 0 Å². The number of rotatable bonds is 1. The van der Waals surface area contributed by atoms with Crippen molar-refractivity contribution >= 4 is 11.9 Å². The van der Waals surface area contributed by atoms with E-state index < -0.39 is 5.97 Å². The second-order valence-electron chi connectivity index (χ2n) is 2.32. The number of hydrogen-bond donors (Lipinski definition) is 2. The molecule has 2 heterocycles. The average molecular weight is 154 g/mol. The molecule has 58 valence electrons. The molecule has 0 saturated carbocycles. The van der Waals surface area contributed by atoms with E-state index in [4.69, 9.17) is 9.63 Å². The van der Waals surface area contributed by atoms with E-state index >= 15 is 0 Å². The SMILES string of the molecule is O=C(O)c1noc2c1CCN2. The van der Waals surface area contributed by atoms with Gasteiger partial charge in [0, 0.05) is 6.54 Å². The van der Waals surface area contributed by atoms with E-state index in [1.807, 2.05) is 0 Å². The number of nitrogens with one attached hydrogen (secondary N) is 1.